The summed E-state index contributed by atoms with van der Waals surface area (Å²) in [5.41, 5.74) is -0.407. The third kappa shape index (κ3) is 8.59. The number of amides is 1. The monoisotopic (exact) mass is 313 g/mol. The van der Waals surface area contributed by atoms with Crippen LogP contribution in [0.5, 0.6) is 0 Å². The number of ether oxygens (including phenoxy) is 1. The SMILES string of the molecule is CCCCCCNCCN1CCN(C(=O)OC(C)(C)C)CC1. The van der Waals surface area contributed by atoms with E-state index in [1.807, 2.05) is 25.7 Å². The van der Waals surface area contributed by atoms with Crippen molar-refractivity contribution in [3.05, 3.63) is 0 Å². The average Bonchev–Trinajstić information content (AvgIpc) is 2.45. The topological polar surface area (TPSA) is 44.8 Å². The Bertz CT molecular complexity index is 308. The van der Waals surface area contributed by atoms with Crippen LogP contribution in [0.4, 0.5) is 4.79 Å². The third-order valence-electron chi connectivity index (χ3n) is 3.84. The van der Waals surface area contributed by atoms with Gasteiger partial charge in [-0.05, 0) is 33.7 Å². The van der Waals surface area contributed by atoms with Gasteiger partial charge in [0.15, 0.2) is 0 Å². The van der Waals surface area contributed by atoms with E-state index < -0.39 is 5.60 Å². The summed E-state index contributed by atoms with van der Waals surface area (Å²) in [5.74, 6) is 0. The highest BCUT2D eigenvalue weighted by Crippen LogP contribution is 2.11. The number of unbranched alkanes of at least 4 members (excludes halogenated alkanes) is 3. The second-order valence-electron chi connectivity index (χ2n) is 7.12. The maximum atomic E-state index is 12.0. The molecule has 0 aliphatic carbocycles. The van der Waals surface area contributed by atoms with Gasteiger partial charge in [0.2, 0.25) is 0 Å². The summed E-state index contributed by atoms with van der Waals surface area (Å²) in [7, 11) is 0. The molecule has 0 bridgehead atoms. The van der Waals surface area contributed by atoms with Crippen molar-refractivity contribution in [1.29, 1.82) is 0 Å². The maximum absolute atomic E-state index is 12.0. The van der Waals surface area contributed by atoms with Crippen molar-refractivity contribution in [1.82, 2.24) is 15.1 Å². The van der Waals surface area contributed by atoms with Crippen molar-refractivity contribution in [2.75, 3.05) is 45.8 Å². The lowest BCUT2D eigenvalue weighted by atomic mass is 10.2. The van der Waals surface area contributed by atoms with Crippen molar-refractivity contribution < 1.29 is 9.53 Å². The summed E-state index contributed by atoms with van der Waals surface area (Å²) in [6, 6.07) is 0. The Morgan fingerprint density at radius 2 is 1.73 bits per heavy atom. The summed E-state index contributed by atoms with van der Waals surface area (Å²) in [5, 5.41) is 3.51. The Morgan fingerprint density at radius 3 is 2.32 bits per heavy atom. The van der Waals surface area contributed by atoms with Crippen LogP contribution in [-0.4, -0.2) is 67.3 Å². The molecule has 1 heterocycles. The molecule has 130 valence electrons. The minimum absolute atomic E-state index is 0.179. The number of carbonyl (C=O) groups is 1. The first-order valence-electron chi connectivity index (χ1n) is 8.83. The minimum atomic E-state index is -0.407. The van der Waals surface area contributed by atoms with Crippen molar-refractivity contribution in [2.24, 2.45) is 0 Å². The predicted molar refractivity (Wildman–Crippen MR) is 91.3 cm³/mol. The number of carbonyl (C=O) groups excluding carboxylic acids is 1. The summed E-state index contributed by atoms with van der Waals surface area (Å²) in [6.45, 7) is 14.6. The zero-order chi connectivity index (χ0) is 16.4. The van der Waals surface area contributed by atoms with E-state index >= 15 is 0 Å². The van der Waals surface area contributed by atoms with Crippen molar-refractivity contribution in [3.8, 4) is 0 Å². The molecule has 1 N–H and O–H groups in total. The first-order valence-corrected chi connectivity index (χ1v) is 8.83. The van der Waals surface area contributed by atoms with Crippen molar-refractivity contribution >= 4 is 6.09 Å². The van der Waals surface area contributed by atoms with Gasteiger partial charge < -0.3 is 15.0 Å². The van der Waals surface area contributed by atoms with Crippen LogP contribution < -0.4 is 5.32 Å². The van der Waals surface area contributed by atoms with E-state index in [-0.39, 0.29) is 6.09 Å². The third-order valence-corrected chi connectivity index (χ3v) is 3.84. The van der Waals surface area contributed by atoms with Crippen molar-refractivity contribution in [2.45, 2.75) is 59.0 Å². The molecule has 5 heteroatoms. The molecule has 0 spiro atoms. The molecule has 5 nitrogen and oxygen atoms in total. The summed E-state index contributed by atoms with van der Waals surface area (Å²) in [6.07, 6.45) is 5.07. The van der Waals surface area contributed by atoms with Crippen LogP contribution in [0.3, 0.4) is 0 Å². The standard InChI is InChI=1S/C17H35N3O2/c1-5-6-7-8-9-18-10-11-19-12-14-20(15-13-19)16(21)22-17(2,3)4/h18H,5-15H2,1-4H3. The highest BCUT2D eigenvalue weighted by atomic mass is 16.6. The largest absolute Gasteiger partial charge is 0.444 e. The average molecular weight is 313 g/mol. The second-order valence-corrected chi connectivity index (χ2v) is 7.12. The van der Waals surface area contributed by atoms with Crippen LogP contribution in [-0.2, 0) is 4.74 Å². The first kappa shape index (κ1) is 19.2. The van der Waals surface area contributed by atoms with Gasteiger partial charge >= 0.3 is 6.09 Å². The van der Waals surface area contributed by atoms with Gasteiger partial charge in [0.1, 0.15) is 5.60 Å². The van der Waals surface area contributed by atoms with Gasteiger partial charge in [-0.3, -0.25) is 4.90 Å². The van der Waals surface area contributed by atoms with E-state index in [0.717, 1.165) is 45.8 Å². The molecular weight excluding hydrogens is 278 g/mol. The molecule has 22 heavy (non-hydrogen) atoms. The van der Waals surface area contributed by atoms with E-state index in [1.54, 1.807) is 0 Å². The molecular formula is C17H35N3O2. The molecule has 0 atom stereocenters. The molecule has 1 rings (SSSR count). The van der Waals surface area contributed by atoms with Gasteiger partial charge in [-0.25, -0.2) is 4.79 Å². The van der Waals surface area contributed by atoms with Gasteiger partial charge in [-0.2, -0.15) is 0 Å². The molecule has 0 aromatic heterocycles. The van der Waals surface area contributed by atoms with E-state index in [0.29, 0.717) is 0 Å². The number of hydrogen-bond donors (Lipinski definition) is 1. The molecule has 1 amide bonds. The summed E-state index contributed by atoms with van der Waals surface area (Å²) >= 11 is 0. The zero-order valence-electron chi connectivity index (χ0n) is 15.0. The van der Waals surface area contributed by atoms with Gasteiger partial charge in [-0.1, -0.05) is 26.2 Å². The first-order chi connectivity index (χ1) is 10.4. The minimum Gasteiger partial charge on any atom is -0.444 e. The number of hydrogen-bond acceptors (Lipinski definition) is 4. The van der Waals surface area contributed by atoms with Crippen molar-refractivity contribution in [3.63, 3.8) is 0 Å². The van der Waals surface area contributed by atoms with Crippen LogP contribution in [0.25, 0.3) is 0 Å². The molecule has 0 aromatic rings. The Balaban J connectivity index is 2.06. The fourth-order valence-electron chi connectivity index (χ4n) is 2.52. The van der Waals surface area contributed by atoms with Crippen LogP contribution in [0.2, 0.25) is 0 Å². The van der Waals surface area contributed by atoms with Gasteiger partial charge in [0.25, 0.3) is 0 Å². The molecule has 1 aliphatic rings. The Labute approximate surface area is 136 Å². The molecule has 0 unspecified atom stereocenters. The fraction of sp³-hybridized carbons (Fsp3) is 0.941. The lowest BCUT2D eigenvalue weighted by Gasteiger charge is -2.35. The predicted octanol–water partition coefficient (Wildman–Crippen LogP) is 2.71. The van der Waals surface area contributed by atoms with E-state index in [4.69, 9.17) is 4.74 Å². The number of nitrogens with one attached hydrogen (secondary N) is 1. The lowest BCUT2D eigenvalue weighted by Crippen LogP contribution is -2.51. The highest BCUT2D eigenvalue weighted by molar-refractivity contribution is 5.68. The van der Waals surface area contributed by atoms with Crippen LogP contribution in [0.1, 0.15) is 53.4 Å². The number of rotatable bonds is 8. The quantitative estimate of drug-likeness (QED) is 0.700. The van der Waals surface area contributed by atoms with Crippen LogP contribution in [0, 0.1) is 0 Å². The maximum Gasteiger partial charge on any atom is 0.410 e. The highest BCUT2D eigenvalue weighted by Gasteiger charge is 2.25. The van der Waals surface area contributed by atoms with E-state index in [1.165, 1.54) is 25.7 Å². The smallest absolute Gasteiger partial charge is 0.410 e. The molecule has 0 radical (unpaired) electrons. The van der Waals surface area contributed by atoms with Gasteiger partial charge in [-0.15, -0.1) is 0 Å². The fourth-order valence-corrected chi connectivity index (χ4v) is 2.52. The van der Waals surface area contributed by atoms with E-state index in [9.17, 15) is 4.79 Å². The normalized spacial score (nSPS) is 16.8. The summed E-state index contributed by atoms with van der Waals surface area (Å²) in [4.78, 5) is 16.2. The molecule has 0 aromatic carbocycles. The molecule has 1 aliphatic heterocycles. The Hall–Kier alpha value is -0.810. The Kier molecular flexibility index (Phi) is 8.79. The number of nitrogens with zero attached hydrogens (tertiary/aromatic N) is 2. The number of piperazine rings is 1. The summed E-state index contributed by atoms with van der Waals surface area (Å²) < 4.78 is 5.41. The zero-order valence-corrected chi connectivity index (χ0v) is 15.0. The van der Waals surface area contributed by atoms with Gasteiger partial charge in [0.05, 0.1) is 0 Å². The van der Waals surface area contributed by atoms with E-state index in [2.05, 4.69) is 17.1 Å². The molecule has 1 saturated heterocycles. The molecule has 0 saturated carbocycles. The lowest BCUT2D eigenvalue weighted by molar-refractivity contribution is 0.0146. The van der Waals surface area contributed by atoms with Gasteiger partial charge in [0, 0.05) is 39.3 Å². The molecule has 1 fully saturated rings. The van der Waals surface area contributed by atoms with Crippen LogP contribution in [0.15, 0.2) is 0 Å². The van der Waals surface area contributed by atoms with Crippen LogP contribution >= 0.6 is 0 Å². The second kappa shape index (κ2) is 10.1. The Morgan fingerprint density at radius 1 is 1.05 bits per heavy atom.